The third-order valence-electron chi connectivity index (χ3n) is 3.91. The van der Waals surface area contributed by atoms with Gasteiger partial charge in [-0.25, -0.2) is 8.42 Å². The van der Waals surface area contributed by atoms with Crippen molar-refractivity contribution in [2.45, 2.75) is 19.4 Å². The van der Waals surface area contributed by atoms with E-state index in [1.165, 1.54) is 11.0 Å². The molecule has 1 unspecified atom stereocenters. The number of rotatable bonds is 7. The molecule has 0 bridgehead atoms. The molecular weight excluding hydrogens is 403 g/mol. The Balaban J connectivity index is 1.84. The molecule has 26 heavy (non-hydrogen) atoms. The Morgan fingerprint density at radius 3 is 2.65 bits per heavy atom. The van der Waals surface area contributed by atoms with E-state index in [2.05, 4.69) is 5.32 Å². The number of likely N-dealkylation sites (N-methyl/N-ethyl adjacent to an activating group) is 1. The van der Waals surface area contributed by atoms with Gasteiger partial charge in [0.15, 0.2) is 16.4 Å². The van der Waals surface area contributed by atoms with Crippen LogP contribution in [0.5, 0.6) is 5.75 Å². The number of nitrogens with zero attached hydrogens (tertiary/aromatic N) is 1. The highest BCUT2D eigenvalue weighted by Gasteiger charge is 2.29. The van der Waals surface area contributed by atoms with E-state index in [9.17, 15) is 18.0 Å². The smallest absolute Gasteiger partial charge is 0.260 e. The van der Waals surface area contributed by atoms with Crippen LogP contribution in [0.15, 0.2) is 18.2 Å². The zero-order chi connectivity index (χ0) is 19.3. The third-order valence-corrected chi connectivity index (χ3v) is 6.21. The normalized spacial score (nSPS) is 18.3. The summed E-state index contributed by atoms with van der Waals surface area (Å²) in [5.41, 5.74) is 0. The van der Waals surface area contributed by atoms with Crippen LogP contribution in [0, 0.1) is 0 Å². The number of hydrogen-bond acceptors (Lipinski definition) is 5. The number of nitrogens with one attached hydrogen (secondary N) is 1. The fraction of sp³-hybridized carbons (Fsp3) is 0.500. The number of halogens is 2. The fourth-order valence-electron chi connectivity index (χ4n) is 2.55. The summed E-state index contributed by atoms with van der Waals surface area (Å²) in [7, 11) is -3.08. The van der Waals surface area contributed by atoms with E-state index in [1.807, 2.05) is 0 Å². The van der Waals surface area contributed by atoms with Crippen LogP contribution in [-0.4, -0.2) is 62.4 Å². The summed E-state index contributed by atoms with van der Waals surface area (Å²) in [5, 5.41) is 3.39. The highest BCUT2D eigenvalue weighted by atomic mass is 35.5. The monoisotopic (exact) mass is 422 g/mol. The Morgan fingerprint density at radius 1 is 1.35 bits per heavy atom. The van der Waals surface area contributed by atoms with Crippen molar-refractivity contribution in [3.63, 3.8) is 0 Å². The lowest BCUT2D eigenvalue weighted by Crippen LogP contribution is -2.45. The second kappa shape index (κ2) is 8.92. The van der Waals surface area contributed by atoms with Gasteiger partial charge in [-0.3, -0.25) is 9.59 Å². The standard InChI is InChI=1S/C16H20Cl2N2O5S/c1-2-20(8-15(21)19-12-5-6-26(23,24)10-12)16(22)9-25-14-4-3-11(17)7-13(14)18/h3-4,7,12H,2,5-6,8-10H2,1H3,(H,19,21). The van der Waals surface area contributed by atoms with E-state index < -0.39 is 21.8 Å². The number of ether oxygens (including phenoxy) is 1. The van der Waals surface area contributed by atoms with Gasteiger partial charge in [0.25, 0.3) is 5.91 Å². The Bertz CT molecular complexity index is 785. The van der Waals surface area contributed by atoms with Gasteiger partial charge < -0.3 is 15.0 Å². The Kier molecular flexibility index (Phi) is 7.14. The molecule has 1 heterocycles. The summed E-state index contributed by atoms with van der Waals surface area (Å²) in [6.45, 7) is 1.61. The number of hydrogen-bond donors (Lipinski definition) is 1. The predicted octanol–water partition coefficient (Wildman–Crippen LogP) is 1.52. The van der Waals surface area contributed by atoms with Gasteiger partial charge >= 0.3 is 0 Å². The third kappa shape index (κ3) is 6.03. The van der Waals surface area contributed by atoms with Crippen molar-refractivity contribution in [2.75, 3.05) is 31.2 Å². The molecule has 0 aliphatic carbocycles. The van der Waals surface area contributed by atoms with Gasteiger partial charge in [0.05, 0.1) is 23.1 Å². The van der Waals surface area contributed by atoms with Crippen molar-refractivity contribution < 1.29 is 22.7 Å². The van der Waals surface area contributed by atoms with Crippen molar-refractivity contribution >= 4 is 44.9 Å². The van der Waals surface area contributed by atoms with Crippen LogP contribution in [0.4, 0.5) is 0 Å². The summed E-state index contributed by atoms with van der Waals surface area (Å²) in [6.07, 6.45) is 0.395. The number of sulfone groups is 1. The quantitative estimate of drug-likeness (QED) is 0.718. The van der Waals surface area contributed by atoms with Crippen molar-refractivity contribution in [2.24, 2.45) is 0 Å². The summed E-state index contributed by atoms with van der Waals surface area (Å²) in [4.78, 5) is 25.7. The maximum atomic E-state index is 12.3. The lowest BCUT2D eigenvalue weighted by atomic mass is 10.2. The Hall–Kier alpha value is -1.51. The first-order valence-electron chi connectivity index (χ1n) is 8.05. The zero-order valence-electron chi connectivity index (χ0n) is 14.2. The molecule has 1 aromatic carbocycles. The number of carbonyl (C=O) groups excluding carboxylic acids is 2. The van der Waals surface area contributed by atoms with Crippen molar-refractivity contribution in [1.29, 1.82) is 0 Å². The Morgan fingerprint density at radius 2 is 2.08 bits per heavy atom. The molecule has 0 aromatic heterocycles. The average molecular weight is 423 g/mol. The molecule has 2 amide bonds. The molecule has 0 saturated carbocycles. The molecule has 0 spiro atoms. The topological polar surface area (TPSA) is 92.8 Å². The largest absolute Gasteiger partial charge is 0.482 e. The molecule has 1 aromatic rings. The van der Waals surface area contributed by atoms with Crippen LogP contribution in [0.3, 0.4) is 0 Å². The maximum absolute atomic E-state index is 12.3. The van der Waals surface area contributed by atoms with Crippen LogP contribution >= 0.6 is 23.2 Å². The SMILES string of the molecule is CCN(CC(=O)NC1CCS(=O)(=O)C1)C(=O)COc1ccc(Cl)cc1Cl. The summed E-state index contributed by atoms with van der Waals surface area (Å²) < 4.78 is 28.2. The second-order valence-electron chi connectivity index (χ2n) is 5.94. The first-order valence-corrected chi connectivity index (χ1v) is 10.6. The van der Waals surface area contributed by atoms with E-state index >= 15 is 0 Å². The van der Waals surface area contributed by atoms with Gasteiger partial charge in [-0.2, -0.15) is 0 Å². The lowest BCUT2D eigenvalue weighted by Gasteiger charge is -2.21. The average Bonchev–Trinajstić information content (AvgIpc) is 2.90. The van der Waals surface area contributed by atoms with E-state index in [0.29, 0.717) is 23.7 Å². The molecule has 144 valence electrons. The minimum absolute atomic E-state index is 0.0585. The first kappa shape index (κ1) is 20.8. The molecule has 1 N–H and O–H groups in total. The molecular formula is C16H20Cl2N2O5S. The van der Waals surface area contributed by atoms with Crippen LogP contribution in [-0.2, 0) is 19.4 Å². The Labute approximate surface area is 162 Å². The van der Waals surface area contributed by atoms with Crippen LogP contribution in [0.1, 0.15) is 13.3 Å². The van der Waals surface area contributed by atoms with Gasteiger partial charge in [0, 0.05) is 17.6 Å². The minimum atomic E-state index is -3.08. The van der Waals surface area contributed by atoms with Gasteiger partial charge in [-0.1, -0.05) is 23.2 Å². The summed E-state index contributed by atoms with van der Waals surface area (Å²) in [6, 6.07) is 4.25. The predicted molar refractivity (Wildman–Crippen MR) is 99.4 cm³/mol. The fourth-order valence-corrected chi connectivity index (χ4v) is 4.69. The van der Waals surface area contributed by atoms with Gasteiger partial charge in [0.1, 0.15) is 5.75 Å². The second-order valence-corrected chi connectivity index (χ2v) is 9.01. The molecule has 1 atom stereocenters. The van der Waals surface area contributed by atoms with E-state index in [1.54, 1.807) is 19.1 Å². The van der Waals surface area contributed by atoms with Crippen LogP contribution < -0.4 is 10.1 Å². The van der Waals surface area contributed by atoms with Gasteiger partial charge in [-0.15, -0.1) is 0 Å². The van der Waals surface area contributed by atoms with Gasteiger partial charge in [0.2, 0.25) is 5.91 Å². The van der Waals surface area contributed by atoms with Crippen LogP contribution in [0.2, 0.25) is 10.0 Å². The molecule has 10 heteroatoms. The van der Waals surface area contributed by atoms with Crippen LogP contribution in [0.25, 0.3) is 0 Å². The van der Waals surface area contributed by atoms with Gasteiger partial charge in [-0.05, 0) is 31.5 Å². The molecule has 1 aliphatic heterocycles. The highest BCUT2D eigenvalue weighted by molar-refractivity contribution is 7.91. The number of carbonyl (C=O) groups is 2. The van der Waals surface area contributed by atoms with E-state index in [4.69, 9.17) is 27.9 Å². The lowest BCUT2D eigenvalue weighted by molar-refractivity contribution is -0.137. The minimum Gasteiger partial charge on any atom is -0.482 e. The van der Waals surface area contributed by atoms with Crippen molar-refractivity contribution in [1.82, 2.24) is 10.2 Å². The summed E-state index contributed by atoms with van der Waals surface area (Å²) >= 11 is 11.8. The van der Waals surface area contributed by atoms with Crippen molar-refractivity contribution in [3.8, 4) is 5.75 Å². The molecule has 2 rings (SSSR count). The summed E-state index contributed by atoms with van der Waals surface area (Å²) in [5.74, 6) is -0.443. The van der Waals surface area contributed by atoms with Crippen molar-refractivity contribution in [3.05, 3.63) is 28.2 Å². The zero-order valence-corrected chi connectivity index (χ0v) is 16.5. The number of amides is 2. The highest BCUT2D eigenvalue weighted by Crippen LogP contribution is 2.27. The molecule has 0 radical (unpaired) electrons. The molecule has 1 saturated heterocycles. The molecule has 7 nitrogen and oxygen atoms in total. The maximum Gasteiger partial charge on any atom is 0.260 e. The number of benzene rings is 1. The molecule has 1 fully saturated rings. The van der Waals surface area contributed by atoms with E-state index in [0.717, 1.165) is 0 Å². The molecule has 1 aliphatic rings. The first-order chi connectivity index (χ1) is 12.2. The van der Waals surface area contributed by atoms with E-state index in [-0.39, 0.29) is 35.6 Å².